The van der Waals surface area contributed by atoms with Crippen LogP contribution in [0.5, 0.6) is 0 Å². The van der Waals surface area contributed by atoms with Gasteiger partial charge in [-0.1, -0.05) is 27.7 Å². The maximum Gasteiger partial charge on any atom is 0.326 e. The normalized spacial score (nSPS) is 20.1. The van der Waals surface area contributed by atoms with Crippen molar-refractivity contribution in [2.45, 2.75) is 148 Å². The third-order valence-corrected chi connectivity index (χ3v) is 10.9. The van der Waals surface area contributed by atoms with Crippen LogP contribution in [0.3, 0.4) is 0 Å². The summed E-state index contributed by atoms with van der Waals surface area (Å²) in [7, 11) is 0. The Kier molecular flexibility index (Phi) is 19.4. The molecule has 0 aromatic carbocycles. The molecule has 12 N–H and O–H groups in total. The van der Waals surface area contributed by atoms with Gasteiger partial charge in [0.15, 0.2) is 0 Å². The van der Waals surface area contributed by atoms with E-state index in [-0.39, 0.29) is 44.7 Å². The number of carboxylic acid groups (broad SMARTS) is 1. The molecule has 23 nitrogen and oxygen atoms in total. The summed E-state index contributed by atoms with van der Waals surface area (Å²) < 4.78 is 0. The number of likely N-dealkylation sites (tertiary alicyclic amines) is 2. The van der Waals surface area contributed by atoms with Gasteiger partial charge in [-0.25, -0.2) is 9.78 Å². The van der Waals surface area contributed by atoms with Crippen LogP contribution in [0.2, 0.25) is 0 Å². The van der Waals surface area contributed by atoms with Crippen LogP contribution >= 0.6 is 0 Å². The van der Waals surface area contributed by atoms with Gasteiger partial charge in [0, 0.05) is 31.4 Å². The van der Waals surface area contributed by atoms with E-state index in [0.717, 1.165) is 0 Å². The highest BCUT2D eigenvalue weighted by Crippen LogP contribution is 2.26. The number of H-pyrrole nitrogens is 1. The van der Waals surface area contributed by atoms with E-state index >= 15 is 0 Å². The van der Waals surface area contributed by atoms with E-state index in [1.807, 2.05) is 0 Å². The fourth-order valence-corrected chi connectivity index (χ4v) is 7.37. The van der Waals surface area contributed by atoms with Crippen molar-refractivity contribution >= 4 is 53.2 Å². The molecule has 10 atom stereocenters. The minimum atomic E-state index is -1.51. The zero-order valence-corrected chi connectivity index (χ0v) is 36.9. The molecule has 3 rings (SSSR count). The summed E-state index contributed by atoms with van der Waals surface area (Å²) in [6.45, 7) is 10.7. The zero-order chi connectivity index (χ0) is 47.3. The smallest absolute Gasteiger partial charge is 0.326 e. The number of imidazole rings is 1. The molecule has 2 aliphatic rings. The minimum absolute atomic E-state index is 0.0303. The van der Waals surface area contributed by atoms with Crippen LogP contribution in [0, 0.1) is 11.8 Å². The van der Waals surface area contributed by atoms with E-state index in [9.17, 15) is 58.5 Å². The van der Waals surface area contributed by atoms with Crippen molar-refractivity contribution in [3.63, 3.8) is 0 Å². The van der Waals surface area contributed by atoms with Crippen LogP contribution < -0.4 is 37.6 Å². The van der Waals surface area contributed by atoms with Crippen LogP contribution in [0.25, 0.3) is 0 Å². The predicted octanol–water partition coefficient (Wildman–Crippen LogP) is -3.63. The Hall–Kier alpha value is -5.68. The van der Waals surface area contributed by atoms with E-state index < -0.39 is 126 Å². The number of hydrogen-bond donors (Lipinski definition) is 11. The quantitative estimate of drug-likeness (QED) is 0.0536. The lowest BCUT2D eigenvalue weighted by Gasteiger charge is -2.33. The lowest BCUT2D eigenvalue weighted by Crippen LogP contribution is -2.61. The molecule has 8 amide bonds. The molecular formula is C40H65N11O12. The first-order valence-electron chi connectivity index (χ1n) is 21.2. The number of aromatic amines is 1. The molecule has 0 bridgehead atoms. The first kappa shape index (κ1) is 51.7. The fourth-order valence-electron chi connectivity index (χ4n) is 7.37. The summed E-state index contributed by atoms with van der Waals surface area (Å²) in [6.07, 6.45) is 1.70. The van der Waals surface area contributed by atoms with Crippen LogP contribution in [0.4, 0.5) is 0 Å². The number of nitrogens with zero attached hydrogens (tertiary/aromatic N) is 3. The lowest BCUT2D eigenvalue weighted by atomic mass is 10.0. The van der Waals surface area contributed by atoms with Gasteiger partial charge in [0.2, 0.25) is 47.3 Å². The number of nitrogens with one attached hydrogen (secondary N) is 7. The first-order valence-corrected chi connectivity index (χ1v) is 21.2. The van der Waals surface area contributed by atoms with Crippen LogP contribution in [-0.2, 0) is 49.6 Å². The van der Waals surface area contributed by atoms with Gasteiger partial charge < -0.3 is 67.7 Å². The molecule has 23 heteroatoms. The highest BCUT2D eigenvalue weighted by Gasteiger charge is 2.44. The maximum absolute atomic E-state index is 14.1. The summed E-state index contributed by atoms with van der Waals surface area (Å²) in [5, 5.41) is 44.3. The summed E-state index contributed by atoms with van der Waals surface area (Å²) >= 11 is 0. The van der Waals surface area contributed by atoms with E-state index in [0.29, 0.717) is 18.5 Å². The summed E-state index contributed by atoms with van der Waals surface area (Å²) in [5.41, 5.74) is 6.12. The van der Waals surface area contributed by atoms with Crippen molar-refractivity contribution in [1.82, 2.24) is 51.7 Å². The van der Waals surface area contributed by atoms with Gasteiger partial charge in [-0.2, -0.15) is 0 Å². The summed E-state index contributed by atoms with van der Waals surface area (Å²) in [4.78, 5) is 128. The Bertz CT molecular complexity index is 1790. The van der Waals surface area contributed by atoms with Gasteiger partial charge in [-0.15, -0.1) is 0 Å². The second-order valence-corrected chi connectivity index (χ2v) is 17.0. The molecule has 63 heavy (non-hydrogen) atoms. The van der Waals surface area contributed by atoms with Gasteiger partial charge in [0.05, 0.1) is 25.1 Å². The largest absolute Gasteiger partial charge is 0.480 e. The van der Waals surface area contributed by atoms with E-state index in [2.05, 4.69) is 41.9 Å². The number of carbonyl (C=O) groups excluding carboxylic acids is 8. The summed E-state index contributed by atoms with van der Waals surface area (Å²) in [6, 6.07) is -9.68. The number of amides is 8. The second-order valence-electron chi connectivity index (χ2n) is 17.0. The van der Waals surface area contributed by atoms with Crippen molar-refractivity contribution in [3.05, 3.63) is 18.2 Å². The number of aliphatic carboxylic acids is 1. The molecule has 3 heterocycles. The Labute approximate surface area is 365 Å². The molecule has 352 valence electrons. The Morgan fingerprint density at radius 3 is 1.94 bits per heavy atom. The Balaban J connectivity index is 1.68. The second kappa shape index (κ2) is 23.7. The van der Waals surface area contributed by atoms with Gasteiger partial charge >= 0.3 is 5.97 Å². The molecule has 0 saturated carbocycles. The van der Waals surface area contributed by atoms with Crippen LogP contribution in [0.15, 0.2) is 12.5 Å². The van der Waals surface area contributed by atoms with Crippen molar-refractivity contribution in [3.8, 4) is 0 Å². The number of aliphatic hydroxyl groups excluding tert-OH is 2. The Morgan fingerprint density at radius 2 is 1.38 bits per heavy atom. The SMILES string of the molecule is CC(C)C[C@H](NC(=O)CNC(=O)[C@H](Cc1cnc[nH]1)NC(=O)[C@@H](NC(=O)[C@@H]1CCCN1C(=O)[C@@H]1CCCN1C(=O)[C@H](C)NC(=O)[C@@H](NC(=O)[C@@H](N)[C@@H](C)O)[C@@H](C)O)C(C)C)C(=O)O. The number of aromatic nitrogens is 2. The lowest BCUT2D eigenvalue weighted by molar-refractivity contribution is -0.148. The average Bonchev–Trinajstić information content (AvgIpc) is 4.02. The van der Waals surface area contributed by atoms with Gasteiger partial charge in [0.1, 0.15) is 48.3 Å². The van der Waals surface area contributed by atoms with Crippen molar-refractivity contribution in [2.75, 3.05) is 19.6 Å². The monoisotopic (exact) mass is 891 g/mol. The number of nitrogens with two attached hydrogens (primary N) is 1. The first-order chi connectivity index (χ1) is 29.5. The minimum Gasteiger partial charge on any atom is -0.480 e. The highest BCUT2D eigenvalue weighted by molar-refractivity contribution is 5.98. The third kappa shape index (κ3) is 14.7. The molecule has 2 saturated heterocycles. The molecule has 0 unspecified atom stereocenters. The number of carbonyl (C=O) groups is 9. The number of rotatable bonds is 22. The standard InChI is InChI=1S/C40H65N11O12/c1-19(2)14-26(40(62)63)46-29(54)17-43-33(55)25(15-24-16-42-18-44-24)47-36(58)31(20(3)4)48-34(56)27-10-8-12-50(27)39(61)28-11-9-13-51(28)38(60)21(5)45-37(59)32(23(7)53)49-35(57)30(41)22(6)52/h16,18-23,25-28,30-32,52-53H,8-15,17,41H2,1-7H3,(H,42,44)(H,43,55)(H,45,59)(H,46,54)(H,47,58)(H,48,56)(H,49,57)(H,62,63)/t21-,22+,23+,25-,26-,27-,28-,30-,31-,32-/m0/s1. The molecule has 0 aliphatic carbocycles. The molecule has 2 aliphatic heterocycles. The van der Waals surface area contributed by atoms with Crippen molar-refractivity contribution in [2.24, 2.45) is 17.6 Å². The topological polar surface area (TPSA) is 348 Å². The van der Waals surface area contributed by atoms with Gasteiger partial charge in [-0.3, -0.25) is 38.4 Å². The zero-order valence-electron chi connectivity index (χ0n) is 36.9. The molecule has 1 aromatic rings. The van der Waals surface area contributed by atoms with Crippen molar-refractivity contribution < 1.29 is 58.5 Å². The molecule has 2 fully saturated rings. The average molecular weight is 892 g/mol. The number of aliphatic hydroxyl groups is 2. The molecular weight excluding hydrogens is 827 g/mol. The number of hydrogen-bond acceptors (Lipinski definition) is 13. The number of carboxylic acids is 1. The van der Waals surface area contributed by atoms with E-state index in [4.69, 9.17) is 5.73 Å². The van der Waals surface area contributed by atoms with Crippen LogP contribution in [0.1, 0.15) is 86.3 Å². The summed E-state index contributed by atoms with van der Waals surface area (Å²) in [5.74, 6) is -7.54. The van der Waals surface area contributed by atoms with Crippen LogP contribution in [-0.4, -0.2) is 168 Å². The predicted molar refractivity (Wildman–Crippen MR) is 223 cm³/mol. The Morgan fingerprint density at radius 1 is 0.762 bits per heavy atom. The van der Waals surface area contributed by atoms with E-state index in [1.54, 1.807) is 27.7 Å². The molecule has 0 spiro atoms. The fraction of sp³-hybridized carbons (Fsp3) is 0.700. The third-order valence-electron chi connectivity index (χ3n) is 10.9. The molecule has 0 radical (unpaired) electrons. The maximum atomic E-state index is 14.1. The van der Waals surface area contributed by atoms with Gasteiger partial charge in [-0.05, 0) is 64.7 Å². The van der Waals surface area contributed by atoms with Crippen molar-refractivity contribution in [1.29, 1.82) is 0 Å². The van der Waals surface area contributed by atoms with E-state index in [1.165, 1.54) is 43.1 Å². The van der Waals surface area contributed by atoms with Gasteiger partial charge in [0.25, 0.3) is 0 Å². The highest BCUT2D eigenvalue weighted by atomic mass is 16.4. The molecule has 1 aromatic heterocycles.